The summed E-state index contributed by atoms with van der Waals surface area (Å²) < 4.78 is 0. The Hall–Kier alpha value is -0.735. The third-order valence-corrected chi connectivity index (χ3v) is 2.03. The van der Waals surface area contributed by atoms with Gasteiger partial charge in [-0.15, -0.1) is 0 Å². The summed E-state index contributed by atoms with van der Waals surface area (Å²) in [5.41, 5.74) is 1.63. The fraction of sp³-hybridized carbons (Fsp3) is 0.429. The second-order valence-corrected chi connectivity index (χ2v) is 3.02. The molecule has 1 aliphatic carbocycles. The molecule has 0 radical (unpaired) electrons. The molecule has 58 valence electrons. The molecule has 1 aliphatic rings. The van der Waals surface area contributed by atoms with Crippen molar-refractivity contribution in [3.63, 3.8) is 0 Å². The summed E-state index contributed by atoms with van der Waals surface area (Å²) in [6.45, 7) is 0. The third kappa shape index (κ3) is 1.32. The lowest BCUT2D eigenvalue weighted by molar-refractivity contribution is 0.424. The largest absolute Gasteiger partial charge is 0.505 e. The van der Waals surface area contributed by atoms with Crippen LogP contribution in [0.4, 0.5) is 0 Å². The van der Waals surface area contributed by atoms with Crippen molar-refractivity contribution in [3.05, 3.63) is 17.8 Å². The quantitative estimate of drug-likeness (QED) is 0.502. The Labute approximate surface area is 65.2 Å². The molecule has 0 saturated heterocycles. The van der Waals surface area contributed by atoms with Crippen LogP contribution in [0.1, 0.15) is 24.5 Å². The van der Waals surface area contributed by atoms with Gasteiger partial charge < -0.3 is 15.0 Å². The summed E-state index contributed by atoms with van der Waals surface area (Å²) in [4.78, 5) is 2.97. The van der Waals surface area contributed by atoms with Crippen LogP contribution in [0, 0.1) is 0 Å². The maximum Gasteiger partial charge on any atom is 0.505 e. The highest BCUT2D eigenvalue weighted by molar-refractivity contribution is 6.57. The van der Waals surface area contributed by atoms with Crippen molar-refractivity contribution in [1.82, 2.24) is 4.98 Å². The molecule has 1 aromatic rings. The van der Waals surface area contributed by atoms with Crippen LogP contribution >= 0.6 is 0 Å². The van der Waals surface area contributed by atoms with E-state index in [0.29, 0.717) is 11.5 Å². The molecule has 0 amide bonds. The standard InChI is InChI=1S/C7H10BNO2/c10-8(11)7-4-3-6(9-7)5-1-2-5/h3-5,9-11H,1-2H2. The average Bonchev–Trinajstić information content (AvgIpc) is 2.68. The van der Waals surface area contributed by atoms with Gasteiger partial charge in [0.15, 0.2) is 0 Å². The van der Waals surface area contributed by atoms with Crippen molar-refractivity contribution in [2.24, 2.45) is 0 Å². The molecule has 3 N–H and O–H groups in total. The van der Waals surface area contributed by atoms with E-state index >= 15 is 0 Å². The topological polar surface area (TPSA) is 56.2 Å². The van der Waals surface area contributed by atoms with E-state index in [1.807, 2.05) is 6.07 Å². The first kappa shape index (κ1) is 6.94. The van der Waals surface area contributed by atoms with Gasteiger partial charge in [0.25, 0.3) is 0 Å². The number of nitrogens with one attached hydrogen (secondary N) is 1. The average molecular weight is 151 g/mol. The Kier molecular flexibility index (Phi) is 1.51. The summed E-state index contributed by atoms with van der Waals surface area (Å²) in [6, 6.07) is 3.64. The summed E-state index contributed by atoms with van der Waals surface area (Å²) in [6.07, 6.45) is 2.45. The molecule has 0 bridgehead atoms. The molecule has 0 aromatic carbocycles. The second-order valence-electron chi connectivity index (χ2n) is 3.02. The van der Waals surface area contributed by atoms with Gasteiger partial charge in [-0.3, -0.25) is 0 Å². The van der Waals surface area contributed by atoms with E-state index in [-0.39, 0.29) is 0 Å². The van der Waals surface area contributed by atoms with Gasteiger partial charge in [-0.2, -0.15) is 0 Å². The lowest BCUT2D eigenvalue weighted by atomic mass is 9.87. The smallest absolute Gasteiger partial charge is 0.422 e. The van der Waals surface area contributed by atoms with Gasteiger partial charge in [-0.1, -0.05) is 0 Å². The molecule has 0 spiro atoms. The SMILES string of the molecule is OB(O)c1ccc(C2CC2)[nH]1. The highest BCUT2D eigenvalue weighted by Gasteiger charge is 2.26. The third-order valence-electron chi connectivity index (χ3n) is 2.03. The van der Waals surface area contributed by atoms with Crippen LogP contribution in [0.5, 0.6) is 0 Å². The van der Waals surface area contributed by atoms with Crippen molar-refractivity contribution in [1.29, 1.82) is 0 Å². The van der Waals surface area contributed by atoms with Gasteiger partial charge in [-0.25, -0.2) is 0 Å². The van der Waals surface area contributed by atoms with Crippen LogP contribution in [0.3, 0.4) is 0 Å². The first-order valence-corrected chi connectivity index (χ1v) is 3.82. The zero-order valence-electron chi connectivity index (χ0n) is 6.12. The molecule has 0 atom stereocenters. The van der Waals surface area contributed by atoms with Crippen molar-refractivity contribution in [3.8, 4) is 0 Å². The Morgan fingerprint density at radius 3 is 2.55 bits per heavy atom. The summed E-state index contributed by atoms with van der Waals surface area (Å²) >= 11 is 0. The van der Waals surface area contributed by atoms with Gasteiger partial charge in [-0.05, 0) is 30.9 Å². The molecule has 11 heavy (non-hydrogen) atoms. The minimum absolute atomic E-state index is 0.493. The number of aromatic nitrogens is 1. The van der Waals surface area contributed by atoms with Gasteiger partial charge >= 0.3 is 7.12 Å². The normalized spacial score (nSPS) is 16.9. The Morgan fingerprint density at radius 2 is 2.09 bits per heavy atom. The maximum atomic E-state index is 8.76. The molecule has 1 aromatic heterocycles. The Balaban J connectivity index is 2.18. The fourth-order valence-corrected chi connectivity index (χ4v) is 1.21. The van der Waals surface area contributed by atoms with Crippen LogP contribution in [-0.4, -0.2) is 22.2 Å². The lowest BCUT2D eigenvalue weighted by Crippen LogP contribution is -2.30. The Morgan fingerprint density at radius 1 is 1.36 bits per heavy atom. The van der Waals surface area contributed by atoms with Crippen LogP contribution in [0.15, 0.2) is 12.1 Å². The molecule has 0 unspecified atom stereocenters. The molecule has 4 heteroatoms. The van der Waals surface area contributed by atoms with E-state index in [1.165, 1.54) is 12.8 Å². The van der Waals surface area contributed by atoms with E-state index in [9.17, 15) is 0 Å². The highest BCUT2D eigenvalue weighted by Crippen LogP contribution is 2.38. The molecule has 3 nitrogen and oxygen atoms in total. The molecule has 1 fully saturated rings. The minimum atomic E-state index is -1.36. The van der Waals surface area contributed by atoms with Crippen molar-refractivity contribution < 1.29 is 10.0 Å². The fourth-order valence-electron chi connectivity index (χ4n) is 1.21. The minimum Gasteiger partial charge on any atom is -0.422 e. The predicted octanol–water partition coefficient (Wildman–Crippen LogP) is -0.428. The number of hydrogen-bond donors (Lipinski definition) is 3. The zero-order valence-corrected chi connectivity index (χ0v) is 6.12. The van der Waals surface area contributed by atoms with E-state index in [1.54, 1.807) is 6.07 Å². The van der Waals surface area contributed by atoms with Gasteiger partial charge in [0, 0.05) is 11.3 Å². The first-order valence-electron chi connectivity index (χ1n) is 3.82. The lowest BCUT2D eigenvalue weighted by Gasteiger charge is -1.93. The predicted molar refractivity (Wildman–Crippen MR) is 42.6 cm³/mol. The molecule has 0 aliphatic heterocycles. The summed E-state index contributed by atoms with van der Waals surface area (Å²) in [7, 11) is -1.36. The molecular weight excluding hydrogens is 141 g/mol. The number of rotatable bonds is 2. The Bertz CT molecular complexity index is 238. The highest BCUT2D eigenvalue weighted by atomic mass is 16.4. The van der Waals surface area contributed by atoms with Crippen molar-refractivity contribution >= 4 is 12.7 Å². The van der Waals surface area contributed by atoms with Crippen LogP contribution in [0.25, 0.3) is 0 Å². The van der Waals surface area contributed by atoms with E-state index in [4.69, 9.17) is 10.0 Å². The van der Waals surface area contributed by atoms with Crippen LogP contribution in [-0.2, 0) is 0 Å². The van der Waals surface area contributed by atoms with Crippen LogP contribution in [0.2, 0.25) is 0 Å². The second kappa shape index (κ2) is 2.39. The molecule has 1 heterocycles. The maximum absolute atomic E-state index is 8.76. The van der Waals surface area contributed by atoms with E-state index in [0.717, 1.165) is 5.69 Å². The van der Waals surface area contributed by atoms with Gasteiger partial charge in [0.05, 0.1) is 0 Å². The first-order chi connectivity index (χ1) is 5.27. The summed E-state index contributed by atoms with van der Waals surface area (Å²) in [5, 5.41) is 17.5. The zero-order chi connectivity index (χ0) is 7.84. The molecular formula is C7H10BNO2. The molecule has 1 saturated carbocycles. The van der Waals surface area contributed by atoms with Crippen molar-refractivity contribution in [2.75, 3.05) is 0 Å². The summed E-state index contributed by atoms with van der Waals surface area (Å²) in [5.74, 6) is 0.641. The number of aromatic amines is 1. The number of H-pyrrole nitrogens is 1. The van der Waals surface area contributed by atoms with E-state index in [2.05, 4.69) is 4.98 Å². The van der Waals surface area contributed by atoms with Gasteiger partial charge in [0.2, 0.25) is 0 Å². The molecule has 2 rings (SSSR count). The van der Waals surface area contributed by atoms with Gasteiger partial charge in [0.1, 0.15) is 0 Å². The van der Waals surface area contributed by atoms with E-state index < -0.39 is 7.12 Å². The van der Waals surface area contributed by atoms with Crippen molar-refractivity contribution in [2.45, 2.75) is 18.8 Å². The number of hydrogen-bond acceptors (Lipinski definition) is 2. The van der Waals surface area contributed by atoms with Crippen LogP contribution < -0.4 is 5.59 Å². The monoisotopic (exact) mass is 151 g/mol.